The van der Waals surface area contributed by atoms with Crippen molar-refractivity contribution in [3.8, 4) is 0 Å². The van der Waals surface area contributed by atoms with E-state index in [1.165, 1.54) is 0 Å². The van der Waals surface area contributed by atoms with E-state index < -0.39 is 10.1 Å². The van der Waals surface area contributed by atoms with Gasteiger partial charge < -0.3 is 9.64 Å². The highest BCUT2D eigenvalue weighted by Gasteiger charge is 2.04. The van der Waals surface area contributed by atoms with Gasteiger partial charge in [-0.2, -0.15) is 8.42 Å². The van der Waals surface area contributed by atoms with E-state index in [2.05, 4.69) is 0 Å². The number of hydrogen-bond acceptors (Lipinski definition) is 5. The zero-order valence-electron chi connectivity index (χ0n) is 11.4. The molecule has 1 rings (SSSR count). The van der Waals surface area contributed by atoms with Gasteiger partial charge >= 0.3 is 0 Å². The van der Waals surface area contributed by atoms with Gasteiger partial charge in [0.15, 0.2) is 0 Å². The maximum atomic E-state index is 10.5. The Bertz CT molecular complexity index is 512. The van der Waals surface area contributed by atoms with E-state index in [1.54, 1.807) is 12.1 Å². The molecule has 0 unspecified atom stereocenters. The number of likely N-dealkylation sites (N-methyl/N-ethyl adjacent to an activating group) is 1. The van der Waals surface area contributed by atoms with Crippen LogP contribution in [-0.4, -0.2) is 51.8 Å². The lowest BCUT2D eigenvalue weighted by molar-refractivity contribution is 0.112. The molecular weight excluding hydrogens is 282 g/mol. The average Bonchev–Trinajstić information content (AvgIpc) is 2.41. The molecule has 0 atom stereocenters. The molecule has 7 heteroatoms. The van der Waals surface area contributed by atoms with Crippen molar-refractivity contribution < 1.29 is 22.5 Å². The van der Waals surface area contributed by atoms with Crippen LogP contribution in [0.1, 0.15) is 16.8 Å². The number of aldehydes is 1. The largest absolute Gasteiger partial charge is 0.380 e. The van der Waals surface area contributed by atoms with Crippen molar-refractivity contribution in [2.45, 2.75) is 6.42 Å². The molecule has 1 N–H and O–H groups in total. The van der Waals surface area contributed by atoms with Crippen molar-refractivity contribution >= 4 is 22.1 Å². The molecule has 6 nitrogen and oxygen atoms in total. The van der Waals surface area contributed by atoms with Crippen molar-refractivity contribution in [3.63, 3.8) is 0 Å². The van der Waals surface area contributed by atoms with Gasteiger partial charge in [-0.15, -0.1) is 0 Å². The molecule has 0 bridgehead atoms. The summed E-state index contributed by atoms with van der Waals surface area (Å²) in [6, 6.07) is 7.18. The number of benzene rings is 1. The minimum Gasteiger partial charge on any atom is -0.380 e. The lowest BCUT2D eigenvalue weighted by atomic mass is 10.2. The van der Waals surface area contributed by atoms with E-state index in [4.69, 9.17) is 9.29 Å². The maximum absolute atomic E-state index is 10.5. The topological polar surface area (TPSA) is 83.9 Å². The Morgan fingerprint density at radius 1 is 1.25 bits per heavy atom. The second kappa shape index (κ2) is 7.98. The van der Waals surface area contributed by atoms with Gasteiger partial charge in [-0.1, -0.05) is 0 Å². The fourth-order valence-corrected chi connectivity index (χ4v) is 2.07. The Hall–Kier alpha value is -1.44. The van der Waals surface area contributed by atoms with Gasteiger partial charge in [0.1, 0.15) is 6.29 Å². The van der Waals surface area contributed by atoms with Crippen LogP contribution >= 0.6 is 0 Å². The predicted octanol–water partition coefficient (Wildman–Crippen LogP) is 1.23. The smallest absolute Gasteiger partial charge is 0.264 e. The number of hydrogen-bond donors (Lipinski definition) is 1. The zero-order chi connectivity index (χ0) is 15.0. The molecule has 0 heterocycles. The van der Waals surface area contributed by atoms with Gasteiger partial charge in [0.2, 0.25) is 0 Å². The quantitative estimate of drug-likeness (QED) is 0.419. The minimum absolute atomic E-state index is 0.274. The Morgan fingerprint density at radius 2 is 1.90 bits per heavy atom. The van der Waals surface area contributed by atoms with E-state index in [1.807, 2.05) is 24.1 Å². The van der Waals surface area contributed by atoms with Crippen LogP contribution in [0.5, 0.6) is 0 Å². The van der Waals surface area contributed by atoms with Crippen LogP contribution in [-0.2, 0) is 14.9 Å². The highest BCUT2D eigenvalue weighted by atomic mass is 32.2. The SMILES string of the molecule is CN(CCOCCCS(=O)(=O)O)c1ccc(C=O)cc1. The van der Waals surface area contributed by atoms with Crippen molar-refractivity contribution in [3.05, 3.63) is 29.8 Å². The third-order valence-corrected chi connectivity index (χ3v) is 3.54. The Labute approximate surface area is 119 Å². The summed E-state index contributed by atoms with van der Waals surface area (Å²) in [5.41, 5.74) is 1.60. The fraction of sp³-hybridized carbons (Fsp3) is 0.462. The first-order valence-corrected chi connectivity index (χ1v) is 7.82. The molecular formula is C13H19NO5S. The van der Waals surface area contributed by atoms with Crippen LogP contribution in [0.15, 0.2) is 24.3 Å². The number of ether oxygens (including phenoxy) is 1. The van der Waals surface area contributed by atoms with Crippen molar-refractivity contribution in [2.75, 3.05) is 37.5 Å². The number of anilines is 1. The fourth-order valence-electron chi connectivity index (χ4n) is 1.58. The summed E-state index contributed by atoms with van der Waals surface area (Å²) >= 11 is 0. The predicted molar refractivity (Wildman–Crippen MR) is 77.0 cm³/mol. The summed E-state index contributed by atoms with van der Waals surface area (Å²) in [4.78, 5) is 12.5. The minimum atomic E-state index is -3.90. The third kappa shape index (κ3) is 6.65. The second-order valence-electron chi connectivity index (χ2n) is 4.38. The van der Waals surface area contributed by atoms with Crippen molar-refractivity contribution in [1.29, 1.82) is 0 Å². The van der Waals surface area contributed by atoms with Gasteiger partial charge in [0.05, 0.1) is 12.4 Å². The molecule has 0 saturated heterocycles. The number of carbonyl (C=O) groups is 1. The molecule has 0 aliphatic carbocycles. The first-order chi connectivity index (χ1) is 9.42. The van der Waals surface area contributed by atoms with Crippen LogP contribution in [0.25, 0.3) is 0 Å². The summed E-state index contributed by atoms with van der Waals surface area (Å²) in [5.74, 6) is -0.282. The highest BCUT2D eigenvalue weighted by Crippen LogP contribution is 2.12. The van der Waals surface area contributed by atoms with E-state index in [0.717, 1.165) is 12.0 Å². The zero-order valence-corrected chi connectivity index (χ0v) is 12.2. The van der Waals surface area contributed by atoms with Crippen LogP contribution < -0.4 is 4.90 Å². The number of rotatable bonds is 9. The van der Waals surface area contributed by atoms with Crippen LogP contribution in [0.4, 0.5) is 5.69 Å². The van der Waals surface area contributed by atoms with Gasteiger partial charge in [0.25, 0.3) is 10.1 Å². The summed E-state index contributed by atoms with van der Waals surface area (Å²) in [5, 5.41) is 0. The first-order valence-electron chi connectivity index (χ1n) is 6.21. The molecule has 112 valence electrons. The van der Waals surface area contributed by atoms with Crippen LogP contribution in [0.2, 0.25) is 0 Å². The lowest BCUT2D eigenvalue weighted by Crippen LogP contribution is -2.23. The maximum Gasteiger partial charge on any atom is 0.264 e. The van der Waals surface area contributed by atoms with Crippen LogP contribution in [0, 0.1) is 0 Å². The van der Waals surface area contributed by atoms with E-state index in [9.17, 15) is 13.2 Å². The van der Waals surface area contributed by atoms with Crippen LogP contribution in [0.3, 0.4) is 0 Å². The van der Waals surface area contributed by atoms with Gasteiger partial charge in [-0.25, -0.2) is 0 Å². The van der Waals surface area contributed by atoms with Gasteiger partial charge in [-0.05, 0) is 30.7 Å². The first kappa shape index (κ1) is 16.6. The van der Waals surface area contributed by atoms with E-state index in [0.29, 0.717) is 18.7 Å². The summed E-state index contributed by atoms with van der Waals surface area (Å²) < 4.78 is 34.8. The Morgan fingerprint density at radius 3 is 2.45 bits per heavy atom. The van der Waals surface area contributed by atoms with E-state index >= 15 is 0 Å². The average molecular weight is 301 g/mol. The molecule has 1 aromatic carbocycles. The second-order valence-corrected chi connectivity index (χ2v) is 5.95. The lowest BCUT2D eigenvalue weighted by Gasteiger charge is -2.19. The van der Waals surface area contributed by atoms with E-state index in [-0.39, 0.29) is 18.8 Å². The Balaban J connectivity index is 2.22. The molecule has 0 aliphatic heterocycles. The number of carbonyl (C=O) groups excluding carboxylic acids is 1. The molecule has 0 amide bonds. The van der Waals surface area contributed by atoms with Gasteiger partial charge in [-0.3, -0.25) is 9.35 Å². The summed E-state index contributed by atoms with van der Waals surface area (Å²) in [7, 11) is -2.00. The normalized spacial score (nSPS) is 11.3. The molecule has 0 radical (unpaired) electrons. The summed E-state index contributed by atoms with van der Waals surface area (Å²) in [6.07, 6.45) is 1.07. The highest BCUT2D eigenvalue weighted by molar-refractivity contribution is 7.85. The molecule has 20 heavy (non-hydrogen) atoms. The van der Waals surface area contributed by atoms with Gasteiger partial charge in [0, 0.05) is 31.5 Å². The van der Waals surface area contributed by atoms with Crippen molar-refractivity contribution in [2.24, 2.45) is 0 Å². The standard InChI is InChI=1S/C13H19NO5S/c1-14(13-5-3-12(11-15)4-6-13)7-9-19-8-2-10-20(16,17)18/h3-6,11H,2,7-10H2,1H3,(H,16,17,18). The molecule has 0 aromatic heterocycles. The molecule has 0 saturated carbocycles. The number of nitrogens with zero attached hydrogens (tertiary/aromatic N) is 1. The Kier molecular flexibility index (Phi) is 6.63. The summed E-state index contributed by atoms with van der Waals surface area (Å²) in [6.45, 7) is 1.39. The molecule has 0 fully saturated rings. The molecule has 1 aromatic rings. The molecule has 0 spiro atoms. The third-order valence-electron chi connectivity index (χ3n) is 2.73. The molecule has 0 aliphatic rings. The van der Waals surface area contributed by atoms with Crippen molar-refractivity contribution in [1.82, 2.24) is 0 Å². The monoisotopic (exact) mass is 301 g/mol.